The van der Waals surface area contributed by atoms with E-state index in [2.05, 4.69) is 17.1 Å². The van der Waals surface area contributed by atoms with Crippen molar-refractivity contribution in [1.82, 2.24) is 10.2 Å². The van der Waals surface area contributed by atoms with Gasteiger partial charge in [0.25, 0.3) is 0 Å². The molecule has 1 heterocycles. The monoisotopic (exact) mass is 246 g/mol. The van der Waals surface area contributed by atoms with E-state index in [0.29, 0.717) is 13.2 Å². The molecule has 0 spiro atoms. The zero-order valence-electron chi connectivity index (χ0n) is 10.8. The third kappa shape index (κ3) is 2.90. The molecule has 0 radical (unpaired) electrons. The van der Waals surface area contributed by atoms with E-state index in [-0.39, 0.29) is 0 Å². The highest BCUT2D eigenvalue weighted by atomic mass is 16.5. The van der Waals surface area contributed by atoms with Crippen molar-refractivity contribution in [2.75, 3.05) is 20.3 Å². The third-order valence-corrected chi connectivity index (χ3v) is 2.79. The van der Waals surface area contributed by atoms with Crippen LogP contribution in [0.4, 0.5) is 0 Å². The van der Waals surface area contributed by atoms with Crippen LogP contribution in [0.1, 0.15) is 12.6 Å². The minimum atomic E-state index is 0.571. The summed E-state index contributed by atoms with van der Waals surface area (Å²) in [4.78, 5) is 0. The lowest BCUT2D eigenvalue weighted by atomic mass is 10.1. The van der Waals surface area contributed by atoms with Crippen molar-refractivity contribution in [2.24, 2.45) is 0 Å². The average Bonchev–Trinajstić information content (AvgIpc) is 2.88. The van der Waals surface area contributed by atoms with E-state index in [1.807, 2.05) is 30.5 Å². The van der Waals surface area contributed by atoms with Crippen molar-refractivity contribution in [3.05, 3.63) is 36.2 Å². The van der Waals surface area contributed by atoms with Gasteiger partial charge in [0.2, 0.25) is 0 Å². The number of aromatic nitrogens is 2. The van der Waals surface area contributed by atoms with Crippen LogP contribution < -0.4 is 4.74 Å². The Morgan fingerprint density at radius 2 is 1.94 bits per heavy atom. The predicted octanol–water partition coefficient (Wildman–Crippen LogP) is 2.66. The standard InChI is InChI=1S/C14H18N2O2/c1-3-14-13(10-15-16-14)11-4-6-12(7-5-11)18-9-8-17-2/h4-7,10H,3,8-9H2,1-2H3,(H,15,16). The van der Waals surface area contributed by atoms with Crippen LogP contribution in [-0.2, 0) is 11.2 Å². The zero-order valence-corrected chi connectivity index (χ0v) is 10.8. The molecule has 4 heteroatoms. The molecular formula is C14H18N2O2. The number of H-pyrrole nitrogens is 1. The first kappa shape index (κ1) is 12.6. The molecule has 0 aliphatic carbocycles. The first-order chi connectivity index (χ1) is 8.85. The number of nitrogens with zero attached hydrogens (tertiary/aromatic N) is 1. The Hall–Kier alpha value is -1.81. The Bertz CT molecular complexity index is 477. The second kappa shape index (κ2) is 6.21. The van der Waals surface area contributed by atoms with Gasteiger partial charge in [-0.1, -0.05) is 19.1 Å². The van der Waals surface area contributed by atoms with Crippen LogP contribution in [0.15, 0.2) is 30.5 Å². The van der Waals surface area contributed by atoms with Crippen LogP contribution in [0, 0.1) is 0 Å². The Kier molecular flexibility index (Phi) is 4.36. The summed E-state index contributed by atoms with van der Waals surface area (Å²) < 4.78 is 10.5. The summed E-state index contributed by atoms with van der Waals surface area (Å²) in [5.74, 6) is 0.859. The van der Waals surface area contributed by atoms with Crippen molar-refractivity contribution in [3.63, 3.8) is 0 Å². The maximum Gasteiger partial charge on any atom is 0.119 e. The van der Waals surface area contributed by atoms with E-state index < -0.39 is 0 Å². The van der Waals surface area contributed by atoms with Crippen LogP contribution in [-0.4, -0.2) is 30.5 Å². The highest BCUT2D eigenvalue weighted by molar-refractivity contribution is 5.65. The fourth-order valence-electron chi connectivity index (χ4n) is 1.80. The van der Waals surface area contributed by atoms with Crippen LogP contribution in [0.2, 0.25) is 0 Å². The van der Waals surface area contributed by atoms with Gasteiger partial charge in [0, 0.05) is 18.4 Å². The van der Waals surface area contributed by atoms with Gasteiger partial charge >= 0.3 is 0 Å². The molecule has 0 aliphatic rings. The van der Waals surface area contributed by atoms with Crippen LogP contribution in [0.25, 0.3) is 11.1 Å². The molecule has 0 fully saturated rings. The minimum absolute atomic E-state index is 0.571. The number of benzene rings is 1. The van der Waals surface area contributed by atoms with Crippen LogP contribution in [0.5, 0.6) is 5.75 Å². The first-order valence-corrected chi connectivity index (χ1v) is 6.09. The van der Waals surface area contributed by atoms with E-state index in [9.17, 15) is 0 Å². The molecule has 0 aliphatic heterocycles. The maximum atomic E-state index is 5.53. The van der Waals surface area contributed by atoms with Gasteiger partial charge < -0.3 is 9.47 Å². The van der Waals surface area contributed by atoms with E-state index in [1.165, 1.54) is 0 Å². The molecule has 4 nitrogen and oxygen atoms in total. The van der Waals surface area contributed by atoms with Gasteiger partial charge in [-0.25, -0.2) is 0 Å². The lowest BCUT2D eigenvalue weighted by Gasteiger charge is -2.06. The number of ether oxygens (including phenoxy) is 2. The largest absolute Gasteiger partial charge is 0.491 e. The second-order valence-corrected chi connectivity index (χ2v) is 3.98. The number of aryl methyl sites for hydroxylation is 1. The molecule has 0 saturated carbocycles. The summed E-state index contributed by atoms with van der Waals surface area (Å²) in [6.45, 7) is 3.28. The first-order valence-electron chi connectivity index (χ1n) is 6.09. The van der Waals surface area contributed by atoms with Gasteiger partial charge in [-0.15, -0.1) is 0 Å². The van der Waals surface area contributed by atoms with Gasteiger partial charge in [0.05, 0.1) is 12.8 Å². The number of hydrogen-bond donors (Lipinski definition) is 1. The second-order valence-electron chi connectivity index (χ2n) is 3.98. The van der Waals surface area contributed by atoms with Gasteiger partial charge in [-0.3, -0.25) is 5.10 Å². The fraction of sp³-hybridized carbons (Fsp3) is 0.357. The summed E-state index contributed by atoms with van der Waals surface area (Å²) >= 11 is 0. The average molecular weight is 246 g/mol. The lowest BCUT2D eigenvalue weighted by Crippen LogP contribution is -2.03. The van der Waals surface area contributed by atoms with Crippen molar-refractivity contribution < 1.29 is 9.47 Å². The molecule has 0 amide bonds. The summed E-state index contributed by atoms with van der Waals surface area (Å²) in [7, 11) is 1.66. The fourth-order valence-corrected chi connectivity index (χ4v) is 1.80. The van der Waals surface area contributed by atoms with Gasteiger partial charge in [-0.05, 0) is 24.1 Å². The van der Waals surface area contributed by atoms with Crippen LogP contribution in [0.3, 0.4) is 0 Å². The number of aromatic amines is 1. The number of hydrogen-bond acceptors (Lipinski definition) is 3. The Labute approximate surface area is 107 Å². The smallest absolute Gasteiger partial charge is 0.119 e. The van der Waals surface area contributed by atoms with E-state index >= 15 is 0 Å². The van der Waals surface area contributed by atoms with Crippen LogP contribution >= 0.6 is 0 Å². The summed E-state index contributed by atoms with van der Waals surface area (Å²) in [5, 5.41) is 7.09. The summed E-state index contributed by atoms with van der Waals surface area (Å²) in [5.41, 5.74) is 3.46. The lowest BCUT2D eigenvalue weighted by molar-refractivity contribution is 0.146. The highest BCUT2D eigenvalue weighted by Gasteiger charge is 2.05. The Morgan fingerprint density at radius 1 is 1.17 bits per heavy atom. The van der Waals surface area contributed by atoms with Crippen molar-refractivity contribution in [2.45, 2.75) is 13.3 Å². The van der Waals surface area contributed by atoms with Gasteiger partial charge in [0.1, 0.15) is 12.4 Å². The van der Waals surface area contributed by atoms with E-state index in [1.54, 1.807) is 7.11 Å². The molecule has 0 unspecified atom stereocenters. The quantitative estimate of drug-likeness (QED) is 0.797. The molecule has 96 valence electrons. The number of methoxy groups -OCH3 is 1. The van der Waals surface area contributed by atoms with Crippen molar-refractivity contribution >= 4 is 0 Å². The van der Waals surface area contributed by atoms with Crippen molar-refractivity contribution in [1.29, 1.82) is 0 Å². The molecule has 1 aromatic heterocycles. The molecule has 2 aromatic rings. The molecule has 1 aromatic carbocycles. The topological polar surface area (TPSA) is 47.1 Å². The number of nitrogens with one attached hydrogen (secondary N) is 1. The van der Waals surface area contributed by atoms with E-state index in [0.717, 1.165) is 29.0 Å². The van der Waals surface area contributed by atoms with Gasteiger partial charge in [-0.2, -0.15) is 5.10 Å². The molecular weight excluding hydrogens is 228 g/mol. The molecule has 2 rings (SSSR count). The maximum absolute atomic E-state index is 5.53. The highest BCUT2D eigenvalue weighted by Crippen LogP contribution is 2.24. The SMILES string of the molecule is CCc1[nH]ncc1-c1ccc(OCCOC)cc1. The Morgan fingerprint density at radius 3 is 2.61 bits per heavy atom. The van der Waals surface area contributed by atoms with E-state index in [4.69, 9.17) is 9.47 Å². The molecule has 1 N–H and O–H groups in total. The third-order valence-electron chi connectivity index (χ3n) is 2.79. The summed E-state index contributed by atoms with van der Waals surface area (Å²) in [6, 6.07) is 8.03. The Balaban J connectivity index is 2.07. The normalized spacial score (nSPS) is 10.6. The zero-order chi connectivity index (χ0) is 12.8. The number of rotatable bonds is 6. The molecule has 18 heavy (non-hydrogen) atoms. The van der Waals surface area contributed by atoms with Crippen molar-refractivity contribution in [3.8, 4) is 16.9 Å². The predicted molar refractivity (Wildman–Crippen MR) is 70.8 cm³/mol. The van der Waals surface area contributed by atoms with Gasteiger partial charge in [0.15, 0.2) is 0 Å². The molecule has 0 saturated heterocycles. The summed E-state index contributed by atoms with van der Waals surface area (Å²) in [6.07, 6.45) is 2.81. The molecule has 0 bridgehead atoms. The minimum Gasteiger partial charge on any atom is -0.491 e. The molecule has 0 atom stereocenters.